The normalized spacial score (nSPS) is 10.9. The van der Waals surface area contributed by atoms with E-state index >= 15 is 0 Å². The first-order chi connectivity index (χ1) is 15.4. The molecule has 0 saturated heterocycles. The van der Waals surface area contributed by atoms with E-state index in [9.17, 15) is 14.4 Å². The summed E-state index contributed by atoms with van der Waals surface area (Å²) in [6.07, 6.45) is 1.55. The molecule has 0 radical (unpaired) electrons. The van der Waals surface area contributed by atoms with Crippen molar-refractivity contribution < 1.29 is 19.1 Å². The Kier molecular flexibility index (Phi) is 7.41. The van der Waals surface area contributed by atoms with Gasteiger partial charge in [0.25, 0.3) is 11.8 Å². The number of anilines is 1. The molecule has 0 unspecified atom stereocenters. The Hall–Kier alpha value is -3.90. The number of rotatable bonds is 7. The van der Waals surface area contributed by atoms with Gasteiger partial charge in [0.2, 0.25) is 0 Å². The van der Waals surface area contributed by atoms with E-state index in [1.165, 1.54) is 14.0 Å². The van der Waals surface area contributed by atoms with Crippen LogP contribution in [0.4, 0.5) is 5.69 Å². The van der Waals surface area contributed by atoms with E-state index in [0.29, 0.717) is 33.1 Å². The maximum absolute atomic E-state index is 13.0. The van der Waals surface area contributed by atoms with Gasteiger partial charge in [0.1, 0.15) is 11.4 Å². The fraction of sp³-hybridized carbons (Fsp3) is 0.0800. The van der Waals surface area contributed by atoms with Crippen molar-refractivity contribution in [1.29, 1.82) is 0 Å². The number of methoxy groups -OCH3 is 1. The van der Waals surface area contributed by atoms with Gasteiger partial charge < -0.3 is 15.4 Å². The van der Waals surface area contributed by atoms with Crippen molar-refractivity contribution in [2.24, 2.45) is 0 Å². The zero-order valence-electron chi connectivity index (χ0n) is 17.5. The van der Waals surface area contributed by atoms with Gasteiger partial charge >= 0.3 is 0 Å². The highest BCUT2D eigenvalue weighted by atomic mass is 35.5. The third-order valence-corrected chi connectivity index (χ3v) is 4.83. The van der Waals surface area contributed by atoms with Crippen LogP contribution in [0, 0.1) is 0 Å². The van der Waals surface area contributed by atoms with E-state index in [1.807, 2.05) is 0 Å². The van der Waals surface area contributed by atoms with Crippen molar-refractivity contribution >= 4 is 41.0 Å². The number of hydrogen-bond acceptors (Lipinski definition) is 4. The Labute approximate surface area is 190 Å². The first kappa shape index (κ1) is 22.8. The number of carbonyl (C=O) groups is 3. The molecule has 2 N–H and O–H groups in total. The van der Waals surface area contributed by atoms with Gasteiger partial charge in [-0.1, -0.05) is 23.7 Å². The standard InChI is InChI=1S/C25H21ClN2O4/c1-16(29)18-5-11-21(12-6-18)27-25(31)23(15-17-3-9-20(26)10-4-17)28-24(30)19-7-13-22(32-2)14-8-19/h3-15H,1-2H3,(H,27,31)(H,28,30)/b23-15+. The van der Waals surface area contributed by atoms with Crippen molar-refractivity contribution in [2.75, 3.05) is 12.4 Å². The Morgan fingerprint density at radius 3 is 2.00 bits per heavy atom. The van der Waals surface area contributed by atoms with Crippen LogP contribution in [-0.2, 0) is 4.79 Å². The minimum atomic E-state index is -0.516. The largest absolute Gasteiger partial charge is 0.497 e. The zero-order chi connectivity index (χ0) is 23.1. The SMILES string of the molecule is COc1ccc(C(=O)N/C(=C/c2ccc(Cl)cc2)C(=O)Nc2ccc(C(C)=O)cc2)cc1. The second-order valence-electron chi connectivity index (χ2n) is 6.88. The van der Waals surface area contributed by atoms with Crippen LogP contribution >= 0.6 is 11.6 Å². The molecule has 0 aromatic heterocycles. The lowest BCUT2D eigenvalue weighted by Crippen LogP contribution is -2.30. The number of ketones is 1. The van der Waals surface area contributed by atoms with Gasteiger partial charge in [-0.3, -0.25) is 14.4 Å². The minimum Gasteiger partial charge on any atom is -0.497 e. The van der Waals surface area contributed by atoms with Crippen LogP contribution in [0.25, 0.3) is 6.08 Å². The number of nitrogens with one attached hydrogen (secondary N) is 2. The van der Waals surface area contributed by atoms with Crippen molar-refractivity contribution in [3.63, 3.8) is 0 Å². The van der Waals surface area contributed by atoms with Crippen molar-refractivity contribution in [1.82, 2.24) is 5.32 Å². The molecule has 162 valence electrons. The van der Waals surface area contributed by atoms with Crippen molar-refractivity contribution in [3.8, 4) is 5.75 Å². The molecular formula is C25H21ClN2O4. The summed E-state index contributed by atoms with van der Waals surface area (Å²) in [4.78, 5) is 37.2. The lowest BCUT2D eigenvalue weighted by Gasteiger charge is -2.12. The second kappa shape index (κ2) is 10.4. The Morgan fingerprint density at radius 1 is 0.844 bits per heavy atom. The molecule has 3 aromatic rings. The summed E-state index contributed by atoms with van der Waals surface area (Å²) in [7, 11) is 1.54. The first-order valence-corrected chi connectivity index (χ1v) is 10.1. The fourth-order valence-corrected chi connectivity index (χ4v) is 2.93. The number of carbonyl (C=O) groups excluding carboxylic acids is 3. The third-order valence-electron chi connectivity index (χ3n) is 4.58. The molecule has 7 heteroatoms. The highest BCUT2D eigenvalue weighted by Gasteiger charge is 2.15. The fourth-order valence-electron chi connectivity index (χ4n) is 2.81. The number of halogens is 1. The molecule has 32 heavy (non-hydrogen) atoms. The van der Waals surface area contributed by atoms with Crippen LogP contribution in [-0.4, -0.2) is 24.7 Å². The van der Waals surface area contributed by atoms with E-state index in [4.69, 9.17) is 16.3 Å². The number of hydrogen-bond donors (Lipinski definition) is 2. The molecule has 0 fully saturated rings. The quantitative estimate of drug-likeness (QED) is 0.395. The summed E-state index contributed by atoms with van der Waals surface area (Å²) in [5.41, 5.74) is 2.12. The highest BCUT2D eigenvalue weighted by Crippen LogP contribution is 2.16. The molecule has 6 nitrogen and oxygen atoms in total. The predicted octanol–water partition coefficient (Wildman–Crippen LogP) is 4.96. The monoisotopic (exact) mass is 448 g/mol. The van der Waals surface area contributed by atoms with Gasteiger partial charge in [-0.15, -0.1) is 0 Å². The molecular weight excluding hydrogens is 428 g/mol. The van der Waals surface area contributed by atoms with E-state index in [1.54, 1.807) is 78.9 Å². The molecule has 3 rings (SSSR count). The van der Waals surface area contributed by atoms with Gasteiger partial charge in [0.15, 0.2) is 5.78 Å². The summed E-state index contributed by atoms with van der Waals surface area (Å²) >= 11 is 5.94. The van der Waals surface area contributed by atoms with E-state index in [0.717, 1.165) is 0 Å². The minimum absolute atomic E-state index is 0.0452. The van der Waals surface area contributed by atoms with Crippen molar-refractivity contribution in [3.05, 3.63) is 100 Å². The lowest BCUT2D eigenvalue weighted by molar-refractivity contribution is -0.113. The van der Waals surface area contributed by atoms with Gasteiger partial charge in [0, 0.05) is 21.8 Å². The lowest BCUT2D eigenvalue weighted by atomic mass is 10.1. The summed E-state index contributed by atoms with van der Waals surface area (Å²) in [5, 5.41) is 5.96. The number of Topliss-reactive ketones (excluding diaryl/α,β-unsaturated/α-hetero) is 1. The Morgan fingerprint density at radius 2 is 1.44 bits per heavy atom. The number of amides is 2. The van der Waals surface area contributed by atoms with Gasteiger partial charge in [-0.25, -0.2) is 0 Å². The number of ether oxygens (including phenoxy) is 1. The highest BCUT2D eigenvalue weighted by molar-refractivity contribution is 6.30. The van der Waals surface area contributed by atoms with Crippen LogP contribution in [0.3, 0.4) is 0 Å². The van der Waals surface area contributed by atoms with E-state index in [2.05, 4.69) is 10.6 Å². The average Bonchev–Trinajstić information content (AvgIpc) is 2.80. The first-order valence-electron chi connectivity index (χ1n) is 9.71. The molecule has 0 saturated carbocycles. The molecule has 0 aliphatic rings. The van der Waals surface area contributed by atoms with E-state index in [-0.39, 0.29) is 11.5 Å². The van der Waals surface area contributed by atoms with Crippen LogP contribution in [0.2, 0.25) is 5.02 Å². The smallest absolute Gasteiger partial charge is 0.272 e. The number of benzene rings is 3. The average molecular weight is 449 g/mol. The molecule has 3 aromatic carbocycles. The van der Waals surface area contributed by atoms with Gasteiger partial charge in [-0.05, 0) is 79.2 Å². The summed E-state index contributed by atoms with van der Waals surface area (Å²) in [6.45, 7) is 1.47. The summed E-state index contributed by atoms with van der Waals surface area (Å²) in [6, 6.07) is 19.9. The molecule has 0 heterocycles. The molecule has 0 aliphatic carbocycles. The molecule has 0 atom stereocenters. The van der Waals surface area contributed by atoms with Crippen LogP contribution < -0.4 is 15.4 Å². The maximum Gasteiger partial charge on any atom is 0.272 e. The second-order valence-corrected chi connectivity index (χ2v) is 7.32. The van der Waals surface area contributed by atoms with Gasteiger partial charge in [0.05, 0.1) is 7.11 Å². The Bertz CT molecular complexity index is 1150. The van der Waals surface area contributed by atoms with Crippen molar-refractivity contribution in [2.45, 2.75) is 6.92 Å². The zero-order valence-corrected chi connectivity index (χ0v) is 18.3. The summed E-state index contributed by atoms with van der Waals surface area (Å²) in [5.74, 6) is -0.421. The molecule has 0 spiro atoms. The van der Waals surface area contributed by atoms with Crippen LogP contribution in [0.1, 0.15) is 33.2 Å². The Balaban J connectivity index is 1.85. The van der Waals surface area contributed by atoms with E-state index < -0.39 is 11.8 Å². The molecule has 0 bridgehead atoms. The predicted molar refractivity (Wildman–Crippen MR) is 125 cm³/mol. The summed E-state index contributed by atoms with van der Waals surface area (Å²) < 4.78 is 5.11. The maximum atomic E-state index is 13.0. The molecule has 0 aliphatic heterocycles. The topological polar surface area (TPSA) is 84.5 Å². The van der Waals surface area contributed by atoms with Gasteiger partial charge in [-0.2, -0.15) is 0 Å². The van der Waals surface area contributed by atoms with Crippen LogP contribution in [0.5, 0.6) is 5.75 Å². The van der Waals surface area contributed by atoms with Crippen LogP contribution in [0.15, 0.2) is 78.5 Å². The third kappa shape index (κ3) is 6.06. The molecule has 2 amide bonds.